The average Bonchev–Trinajstić information content (AvgIpc) is 2.41. The van der Waals surface area contributed by atoms with E-state index in [0.717, 1.165) is 0 Å². The van der Waals surface area contributed by atoms with Crippen LogP contribution >= 0.6 is 0 Å². The number of carbonyl (C=O) groups excluding carboxylic acids is 1. The Kier molecular flexibility index (Phi) is 8.31. The molecular formula is C15H22N2O7. The summed E-state index contributed by atoms with van der Waals surface area (Å²) in [6.07, 6.45) is -0.745. The van der Waals surface area contributed by atoms with Gasteiger partial charge in [0, 0.05) is 11.8 Å². The number of rotatable bonds is 9. The topological polar surface area (TPSA) is 153 Å². The Morgan fingerprint density at radius 3 is 1.92 bits per heavy atom. The molecule has 0 aliphatic heterocycles. The number of amides is 2. The SMILES string of the molecule is CC#CC(C)(C)C[C@H](NC(=O)N[C@@H](CCC(=O)O)C(=O)O)C(=O)O. The molecule has 2 atom stereocenters. The number of aliphatic carboxylic acids is 3. The Morgan fingerprint density at radius 1 is 1.00 bits per heavy atom. The Morgan fingerprint density at radius 2 is 1.50 bits per heavy atom. The molecule has 0 aliphatic rings. The van der Waals surface area contributed by atoms with Crippen LogP contribution in [0.3, 0.4) is 0 Å². The van der Waals surface area contributed by atoms with Crippen molar-refractivity contribution in [2.45, 2.75) is 52.1 Å². The summed E-state index contributed by atoms with van der Waals surface area (Å²) in [6.45, 7) is 5.04. The van der Waals surface area contributed by atoms with Crippen LogP contribution in [0.1, 0.15) is 40.0 Å². The van der Waals surface area contributed by atoms with Crippen LogP contribution in [0.2, 0.25) is 0 Å². The quantitative estimate of drug-likeness (QED) is 0.382. The minimum atomic E-state index is -1.43. The third kappa shape index (κ3) is 8.63. The van der Waals surface area contributed by atoms with E-state index >= 15 is 0 Å². The molecule has 0 unspecified atom stereocenters. The lowest BCUT2D eigenvalue weighted by Gasteiger charge is -2.24. The fourth-order valence-electron chi connectivity index (χ4n) is 1.98. The van der Waals surface area contributed by atoms with Gasteiger partial charge in [-0.05, 0) is 33.6 Å². The number of carboxylic acid groups (broad SMARTS) is 3. The molecule has 0 bridgehead atoms. The van der Waals surface area contributed by atoms with Crippen LogP contribution in [0.15, 0.2) is 0 Å². The molecule has 0 spiro atoms. The minimum absolute atomic E-state index is 0.0173. The number of hydrogen-bond donors (Lipinski definition) is 5. The second-order valence-electron chi connectivity index (χ2n) is 5.79. The summed E-state index contributed by atoms with van der Waals surface area (Å²) in [5.41, 5.74) is -0.666. The summed E-state index contributed by atoms with van der Waals surface area (Å²) in [4.78, 5) is 44.6. The molecule has 0 aromatic carbocycles. The number of nitrogens with one attached hydrogen (secondary N) is 2. The van der Waals surface area contributed by atoms with Crippen molar-refractivity contribution in [3.63, 3.8) is 0 Å². The molecule has 2 amide bonds. The average molecular weight is 342 g/mol. The van der Waals surface area contributed by atoms with Crippen molar-refractivity contribution in [3.05, 3.63) is 0 Å². The van der Waals surface area contributed by atoms with Gasteiger partial charge in [-0.25, -0.2) is 14.4 Å². The van der Waals surface area contributed by atoms with E-state index in [2.05, 4.69) is 22.5 Å². The lowest BCUT2D eigenvalue weighted by Crippen LogP contribution is -2.52. The molecule has 5 N–H and O–H groups in total. The van der Waals surface area contributed by atoms with Gasteiger partial charge in [-0.1, -0.05) is 5.92 Å². The van der Waals surface area contributed by atoms with Crippen LogP contribution in [0.25, 0.3) is 0 Å². The second-order valence-corrected chi connectivity index (χ2v) is 5.79. The van der Waals surface area contributed by atoms with Crippen LogP contribution in [0.5, 0.6) is 0 Å². The Labute approximate surface area is 139 Å². The monoisotopic (exact) mass is 342 g/mol. The van der Waals surface area contributed by atoms with Crippen LogP contribution in [-0.2, 0) is 14.4 Å². The molecular weight excluding hydrogens is 320 g/mol. The summed E-state index contributed by atoms with van der Waals surface area (Å²) in [6, 6.07) is -3.70. The van der Waals surface area contributed by atoms with Gasteiger partial charge in [-0.3, -0.25) is 4.79 Å². The van der Waals surface area contributed by atoms with Crippen molar-refractivity contribution in [1.82, 2.24) is 10.6 Å². The molecule has 9 nitrogen and oxygen atoms in total. The van der Waals surface area contributed by atoms with Crippen molar-refractivity contribution >= 4 is 23.9 Å². The molecule has 0 heterocycles. The van der Waals surface area contributed by atoms with E-state index in [9.17, 15) is 24.3 Å². The first kappa shape index (κ1) is 21.2. The minimum Gasteiger partial charge on any atom is -0.481 e. The Hall–Kier alpha value is -2.76. The van der Waals surface area contributed by atoms with E-state index in [1.54, 1.807) is 20.8 Å². The van der Waals surface area contributed by atoms with Gasteiger partial charge in [0.25, 0.3) is 0 Å². The number of carbonyl (C=O) groups is 4. The van der Waals surface area contributed by atoms with Crippen LogP contribution < -0.4 is 10.6 Å². The summed E-state index contributed by atoms with van der Waals surface area (Å²) >= 11 is 0. The molecule has 0 aromatic heterocycles. The lowest BCUT2D eigenvalue weighted by molar-refractivity contribution is -0.141. The van der Waals surface area contributed by atoms with Crippen molar-refractivity contribution in [3.8, 4) is 11.8 Å². The molecule has 24 heavy (non-hydrogen) atoms. The van der Waals surface area contributed by atoms with Gasteiger partial charge in [0.15, 0.2) is 0 Å². The zero-order chi connectivity index (χ0) is 18.9. The zero-order valence-electron chi connectivity index (χ0n) is 13.8. The highest BCUT2D eigenvalue weighted by Crippen LogP contribution is 2.21. The van der Waals surface area contributed by atoms with E-state index < -0.39 is 47.9 Å². The van der Waals surface area contributed by atoms with Crippen molar-refractivity contribution in [2.24, 2.45) is 5.41 Å². The lowest BCUT2D eigenvalue weighted by atomic mass is 9.86. The van der Waals surface area contributed by atoms with Gasteiger partial charge in [-0.2, -0.15) is 0 Å². The second kappa shape index (κ2) is 9.39. The van der Waals surface area contributed by atoms with E-state index in [0.29, 0.717) is 0 Å². The number of carboxylic acids is 3. The molecule has 134 valence electrons. The smallest absolute Gasteiger partial charge is 0.326 e. The molecule has 0 saturated carbocycles. The zero-order valence-corrected chi connectivity index (χ0v) is 13.8. The maximum absolute atomic E-state index is 11.8. The van der Waals surface area contributed by atoms with Gasteiger partial charge < -0.3 is 26.0 Å². The van der Waals surface area contributed by atoms with E-state index in [1.807, 2.05) is 0 Å². The van der Waals surface area contributed by atoms with Gasteiger partial charge in [0.1, 0.15) is 12.1 Å². The maximum Gasteiger partial charge on any atom is 0.326 e. The molecule has 0 aliphatic carbocycles. The molecule has 9 heteroatoms. The standard InChI is InChI=1S/C15H22N2O7/c1-4-7-15(2,3)8-10(13(22)23)17-14(24)16-9(12(20)21)5-6-11(18)19/h9-10H,5-6,8H2,1-3H3,(H,18,19)(H,20,21)(H,22,23)(H2,16,17,24)/t9-,10-/m0/s1. The van der Waals surface area contributed by atoms with E-state index in [-0.39, 0.29) is 12.8 Å². The maximum atomic E-state index is 11.8. The van der Waals surface area contributed by atoms with Gasteiger partial charge in [-0.15, -0.1) is 5.92 Å². The highest BCUT2D eigenvalue weighted by atomic mass is 16.4. The fourth-order valence-corrected chi connectivity index (χ4v) is 1.98. The first-order chi connectivity index (χ1) is 11.0. The third-order valence-corrected chi connectivity index (χ3v) is 3.03. The fraction of sp³-hybridized carbons (Fsp3) is 0.600. The molecule has 0 rings (SSSR count). The van der Waals surface area contributed by atoms with E-state index in [1.165, 1.54) is 0 Å². The molecule has 0 fully saturated rings. The van der Waals surface area contributed by atoms with E-state index in [4.69, 9.17) is 10.2 Å². The Balaban J connectivity index is 4.86. The van der Waals surface area contributed by atoms with Crippen molar-refractivity contribution in [1.29, 1.82) is 0 Å². The summed E-state index contributed by atoms with van der Waals surface area (Å²) in [5, 5.41) is 31.0. The van der Waals surface area contributed by atoms with Crippen molar-refractivity contribution < 1.29 is 34.5 Å². The normalized spacial score (nSPS) is 13.0. The summed E-state index contributed by atoms with van der Waals surface area (Å²) in [7, 11) is 0. The highest BCUT2D eigenvalue weighted by Gasteiger charge is 2.29. The molecule has 0 saturated heterocycles. The summed E-state index contributed by atoms with van der Waals surface area (Å²) in [5.74, 6) is 1.61. The predicted octanol–water partition coefficient (Wildman–Crippen LogP) is 0.496. The molecule has 0 radical (unpaired) electrons. The van der Waals surface area contributed by atoms with Crippen LogP contribution in [0, 0.1) is 17.3 Å². The van der Waals surface area contributed by atoms with Crippen LogP contribution in [-0.4, -0.2) is 51.3 Å². The van der Waals surface area contributed by atoms with Crippen LogP contribution in [0.4, 0.5) is 4.79 Å². The van der Waals surface area contributed by atoms with Crippen molar-refractivity contribution in [2.75, 3.05) is 0 Å². The molecule has 0 aromatic rings. The summed E-state index contributed by atoms with van der Waals surface area (Å²) < 4.78 is 0. The first-order valence-electron chi connectivity index (χ1n) is 7.17. The number of hydrogen-bond acceptors (Lipinski definition) is 4. The predicted molar refractivity (Wildman–Crippen MR) is 83.2 cm³/mol. The van der Waals surface area contributed by atoms with Gasteiger partial charge >= 0.3 is 23.9 Å². The third-order valence-electron chi connectivity index (χ3n) is 3.03. The van der Waals surface area contributed by atoms with Gasteiger partial charge in [0.05, 0.1) is 0 Å². The highest BCUT2D eigenvalue weighted by molar-refractivity contribution is 5.86. The number of urea groups is 1. The largest absolute Gasteiger partial charge is 0.481 e. The Bertz CT molecular complexity index is 560. The first-order valence-corrected chi connectivity index (χ1v) is 7.17. The van der Waals surface area contributed by atoms with Gasteiger partial charge in [0.2, 0.25) is 0 Å².